The lowest BCUT2D eigenvalue weighted by atomic mass is 10.2. The molecule has 1 saturated heterocycles. The zero-order valence-corrected chi connectivity index (χ0v) is 15.9. The fourth-order valence-electron chi connectivity index (χ4n) is 3.04. The van der Waals surface area contributed by atoms with Gasteiger partial charge < -0.3 is 9.80 Å². The van der Waals surface area contributed by atoms with Crippen LogP contribution >= 0.6 is 0 Å². The molecule has 0 spiro atoms. The summed E-state index contributed by atoms with van der Waals surface area (Å²) in [5.41, 5.74) is 1.35. The van der Waals surface area contributed by atoms with Crippen molar-refractivity contribution in [2.45, 2.75) is 11.8 Å². The van der Waals surface area contributed by atoms with E-state index in [1.807, 2.05) is 4.90 Å². The maximum Gasteiger partial charge on any atom is 0.241 e. The second-order valence-electron chi connectivity index (χ2n) is 6.46. The zero-order chi connectivity index (χ0) is 19.4. The minimum atomic E-state index is -3.73. The first-order valence-electron chi connectivity index (χ1n) is 8.70. The molecule has 144 valence electrons. The highest BCUT2D eigenvalue weighted by molar-refractivity contribution is 7.89. The quantitative estimate of drug-likeness (QED) is 0.843. The van der Waals surface area contributed by atoms with Crippen molar-refractivity contribution in [2.24, 2.45) is 0 Å². The van der Waals surface area contributed by atoms with Gasteiger partial charge in [0.15, 0.2) is 0 Å². The standard InChI is InChI=1S/C19H22FN3O3S/c1-15-5-4-6-16(13-15)27(25,26)21-14-19(24)23-11-9-22(10-12-23)18-8-3-2-7-17(18)20/h2-8,13,21H,9-12,14H2,1H3. The molecule has 1 fully saturated rings. The summed E-state index contributed by atoms with van der Waals surface area (Å²) < 4.78 is 40.9. The maximum absolute atomic E-state index is 13.9. The first kappa shape index (κ1) is 19.3. The molecule has 1 N–H and O–H groups in total. The van der Waals surface area contributed by atoms with Crippen LogP contribution in [0.5, 0.6) is 0 Å². The number of aryl methyl sites for hydroxylation is 1. The number of anilines is 1. The Morgan fingerprint density at radius 2 is 1.78 bits per heavy atom. The molecule has 0 saturated carbocycles. The van der Waals surface area contributed by atoms with Crippen LogP contribution in [0.3, 0.4) is 0 Å². The number of amides is 1. The molecule has 0 aliphatic carbocycles. The second kappa shape index (κ2) is 8.06. The van der Waals surface area contributed by atoms with Gasteiger partial charge in [-0.15, -0.1) is 0 Å². The van der Waals surface area contributed by atoms with E-state index in [1.54, 1.807) is 48.2 Å². The monoisotopic (exact) mass is 391 g/mol. The van der Waals surface area contributed by atoms with Gasteiger partial charge in [-0.2, -0.15) is 0 Å². The summed E-state index contributed by atoms with van der Waals surface area (Å²) in [4.78, 5) is 16.0. The van der Waals surface area contributed by atoms with E-state index in [2.05, 4.69) is 4.72 Å². The zero-order valence-electron chi connectivity index (χ0n) is 15.1. The predicted octanol–water partition coefficient (Wildman–Crippen LogP) is 1.76. The van der Waals surface area contributed by atoms with Gasteiger partial charge in [0.2, 0.25) is 15.9 Å². The van der Waals surface area contributed by atoms with Gasteiger partial charge >= 0.3 is 0 Å². The number of halogens is 1. The Hall–Kier alpha value is -2.45. The van der Waals surface area contributed by atoms with Crippen LogP contribution in [0.2, 0.25) is 0 Å². The highest BCUT2D eigenvalue weighted by Gasteiger charge is 2.24. The summed E-state index contributed by atoms with van der Waals surface area (Å²) >= 11 is 0. The number of rotatable bonds is 5. The second-order valence-corrected chi connectivity index (χ2v) is 8.23. The molecule has 6 nitrogen and oxygen atoms in total. The first-order valence-corrected chi connectivity index (χ1v) is 10.2. The first-order chi connectivity index (χ1) is 12.9. The normalized spacial score (nSPS) is 15.0. The summed E-state index contributed by atoms with van der Waals surface area (Å²) in [6.07, 6.45) is 0. The van der Waals surface area contributed by atoms with E-state index in [4.69, 9.17) is 0 Å². The maximum atomic E-state index is 13.9. The van der Waals surface area contributed by atoms with Crippen LogP contribution in [0.1, 0.15) is 5.56 Å². The molecule has 8 heteroatoms. The Bertz CT molecular complexity index is 925. The van der Waals surface area contributed by atoms with E-state index in [1.165, 1.54) is 12.1 Å². The van der Waals surface area contributed by atoms with E-state index in [0.717, 1.165) is 5.56 Å². The van der Waals surface area contributed by atoms with Crippen molar-refractivity contribution in [3.8, 4) is 0 Å². The lowest BCUT2D eigenvalue weighted by molar-refractivity contribution is -0.130. The van der Waals surface area contributed by atoms with Crippen molar-refractivity contribution in [3.05, 3.63) is 59.9 Å². The van der Waals surface area contributed by atoms with Gasteiger partial charge in [-0.25, -0.2) is 17.5 Å². The third kappa shape index (κ3) is 4.64. The highest BCUT2D eigenvalue weighted by atomic mass is 32.2. The van der Waals surface area contributed by atoms with Gasteiger partial charge in [0.1, 0.15) is 5.82 Å². The number of sulfonamides is 1. The molecule has 1 amide bonds. The Balaban J connectivity index is 1.55. The largest absolute Gasteiger partial charge is 0.366 e. The average molecular weight is 391 g/mol. The number of piperazine rings is 1. The van der Waals surface area contributed by atoms with E-state index in [-0.39, 0.29) is 23.2 Å². The van der Waals surface area contributed by atoms with E-state index < -0.39 is 10.0 Å². The molecule has 27 heavy (non-hydrogen) atoms. The van der Waals surface area contributed by atoms with Crippen molar-refractivity contribution in [3.63, 3.8) is 0 Å². The molecule has 0 unspecified atom stereocenters. The fourth-order valence-corrected chi connectivity index (χ4v) is 4.12. The van der Waals surface area contributed by atoms with E-state index in [9.17, 15) is 17.6 Å². The van der Waals surface area contributed by atoms with Gasteiger partial charge in [-0.3, -0.25) is 4.79 Å². The van der Waals surface area contributed by atoms with Crippen LogP contribution in [0.25, 0.3) is 0 Å². The topological polar surface area (TPSA) is 69.7 Å². The van der Waals surface area contributed by atoms with Crippen LogP contribution < -0.4 is 9.62 Å². The summed E-state index contributed by atoms with van der Waals surface area (Å²) in [5, 5.41) is 0. The summed E-state index contributed by atoms with van der Waals surface area (Å²) in [7, 11) is -3.73. The molecule has 0 radical (unpaired) electrons. The summed E-state index contributed by atoms with van der Waals surface area (Å²) in [5.74, 6) is -0.581. The average Bonchev–Trinajstić information content (AvgIpc) is 2.67. The smallest absolute Gasteiger partial charge is 0.241 e. The van der Waals surface area contributed by atoms with Gasteiger partial charge in [-0.05, 0) is 36.8 Å². The van der Waals surface area contributed by atoms with E-state index in [0.29, 0.717) is 31.9 Å². The molecule has 0 bridgehead atoms. The Labute approximate surface area is 158 Å². The minimum Gasteiger partial charge on any atom is -0.366 e. The lowest BCUT2D eigenvalue weighted by Gasteiger charge is -2.36. The van der Waals surface area contributed by atoms with Crippen molar-refractivity contribution < 1.29 is 17.6 Å². The minimum absolute atomic E-state index is 0.139. The number of carbonyl (C=O) groups is 1. The highest BCUT2D eigenvalue weighted by Crippen LogP contribution is 2.20. The van der Waals surface area contributed by atoms with Crippen molar-refractivity contribution >= 4 is 21.6 Å². The predicted molar refractivity (Wildman–Crippen MR) is 102 cm³/mol. The number of hydrogen-bond acceptors (Lipinski definition) is 4. The molecule has 2 aromatic carbocycles. The van der Waals surface area contributed by atoms with Gasteiger partial charge in [0, 0.05) is 26.2 Å². The van der Waals surface area contributed by atoms with E-state index >= 15 is 0 Å². The number of hydrogen-bond donors (Lipinski definition) is 1. The molecule has 0 aromatic heterocycles. The molecule has 1 aliphatic heterocycles. The summed E-state index contributed by atoms with van der Waals surface area (Å²) in [6.45, 7) is 3.34. The molecular weight excluding hydrogens is 369 g/mol. The SMILES string of the molecule is Cc1cccc(S(=O)(=O)NCC(=O)N2CCN(c3ccccc3F)CC2)c1. The third-order valence-electron chi connectivity index (χ3n) is 4.54. The lowest BCUT2D eigenvalue weighted by Crippen LogP contribution is -2.51. The van der Waals surface area contributed by atoms with Gasteiger partial charge in [0.25, 0.3) is 0 Å². The van der Waals surface area contributed by atoms with Crippen LogP contribution in [0, 0.1) is 12.7 Å². The molecule has 3 rings (SSSR count). The number of carbonyl (C=O) groups excluding carboxylic acids is 1. The van der Waals surface area contributed by atoms with Gasteiger partial charge in [-0.1, -0.05) is 24.3 Å². The fraction of sp³-hybridized carbons (Fsp3) is 0.316. The molecule has 0 atom stereocenters. The number of nitrogens with zero attached hydrogens (tertiary/aromatic N) is 2. The number of nitrogens with one attached hydrogen (secondary N) is 1. The summed E-state index contributed by atoms with van der Waals surface area (Å²) in [6, 6.07) is 13.0. The van der Waals surface area contributed by atoms with Crippen molar-refractivity contribution in [2.75, 3.05) is 37.6 Å². The van der Waals surface area contributed by atoms with Crippen LogP contribution in [-0.2, 0) is 14.8 Å². The number of para-hydroxylation sites is 1. The van der Waals surface area contributed by atoms with Crippen LogP contribution in [0.4, 0.5) is 10.1 Å². The molecular formula is C19H22FN3O3S. The molecule has 2 aromatic rings. The molecule has 1 heterocycles. The Morgan fingerprint density at radius 3 is 2.44 bits per heavy atom. The third-order valence-corrected chi connectivity index (χ3v) is 5.94. The molecule has 1 aliphatic rings. The Morgan fingerprint density at radius 1 is 1.07 bits per heavy atom. The van der Waals surface area contributed by atoms with Crippen molar-refractivity contribution in [1.29, 1.82) is 0 Å². The van der Waals surface area contributed by atoms with Crippen LogP contribution in [-0.4, -0.2) is 51.9 Å². The Kier molecular flexibility index (Phi) is 5.76. The number of benzene rings is 2. The van der Waals surface area contributed by atoms with Gasteiger partial charge in [0.05, 0.1) is 17.1 Å². The van der Waals surface area contributed by atoms with Crippen molar-refractivity contribution in [1.82, 2.24) is 9.62 Å². The van der Waals surface area contributed by atoms with Crippen LogP contribution in [0.15, 0.2) is 53.4 Å².